The number of β-amino-alcohol motifs (C(OH)–C–C–N with tert-alkyl or cyclic N) is 1. The van der Waals surface area contributed by atoms with Gasteiger partial charge in [0.2, 0.25) is 10.0 Å². The quantitative estimate of drug-likeness (QED) is 0.764. The van der Waals surface area contributed by atoms with E-state index in [1.807, 2.05) is 0 Å². The lowest BCUT2D eigenvalue weighted by Gasteiger charge is -2.35. The molecular formula is C11H15FN2O3S. The molecule has 0 spiro atoms. The first kappa shape index (κ1) is 13.3. The van der Waals surface area contributed by atoms with E-state index >= 15 is 0 Å². The van der Waals surface area contributed by atoms with Crippen molar-refractivity contribution in [2.75, 3.05) is 18.8 Å². The number of aryl methyl sites for hydroxylation is 1. The summed E-state index contributed by atoms with van der Waals surface area (Å²) in [5.74, 6) is -0.618. The number of aliphatic hydroxyl groups is 1. The molecule has 1 aromatic carbocycles. The van der Waals surface area contributed by atoms with Crippen molar-refractivity contribution in [3.05, 3.63) is 23.0 Å². The van der Waals surface area contributed by atoms with E-state index in [9.17, 15) is 17.9 Å². The zero-order valence-electron chi connectivity index (χ0n) is 10.1. The Balaban J connectivity index is 2.55. The highest BCUT2D eigenvalue weighted by Crippen LogP contribution is 2.31. The van der Waals surface area contributed by atoms with Gasteiger partial charge in [0.1, 0.15) is 5.82 Å². The first-order chi connectivity index (χ1) is 8.25. The fourth-order valence-electron chi connectivity index (χ4n) is 2.07. The zero-order valence-corrected chi connectivity index (χ0v) is 11.0. The lowest BCUT2D eigenvalue weighted by molar-refractivity contribution is 0.0547. The molecule has 2 rings (SSSR count). The van der Waals surface area contributed by atoms with Gasteiger partial charge in [0.15, 0.2) is 0 Å². The maximum Gasteiger partial charge on any atom is 0.243 e. The Bertz CT molecular complexity index is 595. The molecular weight excluding hydrogens is 259 g/mol. The van der Waals surface area contributed by atoms with Crippen LogP contribution in [-0.4, -0.2) is 37.0 Å². The van der Waals surface area contributed by atoms with Crippen LogP contribution in [0.5, 0.6) is 0 Å². The molecule has 1 fully saturated rings. The van der Waals surface area contributed by atoms with Crippen molar-refractivity contribution in [3.8, 4) is 0 Å². The van der Waals surface area contributed by atoms with Crippen LogP contribution >= 0.6 is 0 Å². The third-order valence-electron chi connectivity index (χ3n) is 3.13. The minimum absolute atomic E-state index is 0.0355. The van der Waals surface area contributed by atoms with Crippen molar-refractivity contribution in [2.45, 2.75) is 24.8 Å². The van der Waals surface area contributed by atoms with E-state index in [1.54, 1.807) is 0 Å². The molecule has 0 bridgehead atoms. The maximum absolute atomic E-state index is 13.4. The molecule has 0 aliphatic carbocycles. The molecule has 1 aliphatic heterocycles. The van der Waals surface area contributed by atoms with Crippen molar-refractivity contribution in [1.29, 1.82) is 0 Å². The third kappa shape index (κ3) is 1.88. The monoisotopic (exact) mass is 274 g/mol. The SMILES string of the molecule is Cc1cc(F)c(N)c(C)c1S(=O)(=O)N1CC(O)C1. The number of sulfonamides is 1. The summed E-state index contributed by atoms with van der Waals surface area (Å²) in [5.41, 5.74) is 5.91. The Morgan fingerprint density at radius 1 is 1.44 bits per heavy atom. The second-order valence-corrected chi connectivity index (χ2v) is 6.39. The fourth-order valence-corrected chi connectivity index (χ4v) is 4.03. The molecule has 100 valence electrons. The van der Waals surface area contributed by atoms with Gasteiger partial charge in [0, 0.05) is 13.1 Å². The Morgan fingerprint density at radius 2 is 2.00 bits per heavy atom. The number of rotatable bonds is 2. The molecule has 0 radical (unpaired) electrons. The van der Waals surface area contributed by atoms with E-state index in [2.05, 4.69) is 0 Å². The van der Waals surface area contributed by atoms with E-state index in [0.717, 1.165) is 10.4 Å². The molecule has 7 heteroatoms. The van der Waals surface area contributed by atoms with Crippen LogP contribution in [0, 0.1) is 19.7 Å². The molecule has 3 N–H and O–H groups in total. The molecule has 0 atom stereocenters. The number of hydrogen-bond donors (Lipinski definition) is 2. The number of halogens is 1. The molecule has 5 nitrogen and oxygen atoms in total. The topological polar surface area (TPSA) is 83.6 Å². The van der Waals surface area contributed by atoms with Crippen LogP contribution in [-0.2, 0) is 10.0 Å². The highest BCUT2D eigenvalue weighted by atomic mass is 32.2. The summed E-state index contributed by atoms with van der Waals surface area (Å²) in [4.78, 5) is 0.0355. The molecule has 1 saturated heterocycles. The Morgan fingerprint density at radius 3 is 2.50 bits per heavy atom. The van der Waals surface area contributed by atoms with Crippen LogP contribution in [0.2, 0.25) is 0 Å². The summed E-state index contributed by atoms with van der Waals surface area (Å²) in [6.45, 7) is 3.14. The number of nitrogen functional groups attached to an aromatic ring is 1. The Kier molecular flexibility index (Phi) is 3.08. The van der Waals surface area contributed by atoms with Crippen molar-refractivity contribution in [3.63, 3.8) is 0 Å². The van der Waals surface area contributed by atoms with Gasteiger partial charge in [0.25, 0.3) is 0 Å². The van der Waals surface area contributed by atoms with Gasteiger partial charge in [-0.05, 0) is 31.0 Å². The lowest BCUT2D eigenvalue weighted by atomic mass is 10.1. The summed E-state index contributed by atoms with van der Waals surface area (Å²) < 4.78 is 39.2. The largest absolute Gasteiger partial charge is 0.396 e. The van der Waals surface area contributed by atoms with Gasteiger partial charge in [-0.1, -0.05) is 0 Å². The summed E-state index contributed by atoms with van der Waals surface area (Å²) in [7, 11) is -3.71. The van der Waals surface area contributed by atoms with Gasteiger partial charge in [0.05, 0.1) is 16.7 Å². The maximum atomic E-state index is 13.4. The lowest BCUT2D eigenvalue weighted by Crippen LogP contribution is -2.53. The first-order valence-corrected chi connectivity index (χ1v) is 6.92. The predicted octanol–water partition coefficient (Wildman–Crippen LogP) is 0.390. The van der Waals surface area contributed by atoms with Crippen molar-refractivity contribution < 1.29 is 17.9 Å². The van der Waals surface area contributed by atoms with Crippen LogP contribution in [0.4, 0.5) is 10.1 Å². The molecule has 0 saturated carbocycles. The highest BCUT2D eigenvalue weighted by Gasteiger charge is 2.37. The van der Waals surface area contributed by atoms with E-state index < -0.39 is 21.9 Å². The average Bonchev–Trinajstić information content (AvgIpc) is 2.21. The normalized spacial score (nSPS) is 17.8. The van der Waals surface area contributed by atoms with Gasteiger partial charge < -0.3 is 10.8 Å². The first-order valence-electron chi connectivity index (χ1n) is 5.48. The van der Waals surface area contributed by atoms with E-state index in [1.165, 1.54) is 13.8 Å². The van der Waals surface area contributed by atoms with Gasteiger partial charge >= 0.3 is 0 Å². The molecule has 1 heterocycles. The molecule has 1 aliphatic rings. The number of nitrogens with two attached hydrogens (primary N) is 1. The smallest absolute Gasteiger partial charge is 0.243 e. The van der Waals surface area contributed by atoms with Crippen LogP contribution in [0.1, 0.15) is 11.1 Å². The minimum atomic E-state index is -3.71. The summed E-state index contributed by atoms with van der Waals surface area (Å²) in [6, 6.07) is 1.12. The summed E-state index contributed by atoms with van der Waals surface area (Å²) in [5, 5.41) is 9.18. The number of aliphatic hydroxyl groups excluding tert-OH is 1. The summed E-state index contributed by atoms with van der Waals surface area (Å²) >= 11 is 0. The molecule has 18 heavy (non-hydrogen) atoms. The van der Waals surface area contributed by atoms with Crippen LogP contribution in [0.3, 0.4) is 0 Å². The fraction of sp³-hybridized carbons (Fsp3) is 0.455. The Hall–Kier alpha value is -1.18. The molecule has 0 aromatic heterocycles. The highest BCUT2D eigenvalue weighted by molar-refractivity contribution is 7.89. The number of hydrogen-bond acceptors (Lipinski definition) is 4. The van der Waals surface area contributed by atoms with Crippen molar-refractivity contribution >= 4 is 15.7 Å². The van der Waals surface area contributed by atoms with Gasteiger partial charge in [-0.25, -0.2) is 12.8 Å². The standard InChI is InChI=1S/C11H15FN2O3S/c1-6-3-9(12)10(13)7(2)11(6)18(16,17)14-4-8(15)5-14/h3,8,15H,4-5,13H2,1-2H3. The molecule has 0 amide bonds. The van der Waals surface area contributed by atoms with Crippen LogP contribution in [0.15, 0.2) is 11.0 Å². The van der Waals surface area contributed by atoms with Crippen molar-refractivity contribution in [2.24, 2.45) is 0 Å². The summed E-state index contributed by atoms with van der Waals surface area (Å²) in [6.07, 6.45) is -0.627. The molecule has 1 aromatic rings. The van der Waals surface area contributed by atoms with Gasteiger partial charge in [-0.3, -0.25) is 0 Å². The van der Waals surface area contributed by atoms with E-state index in [4.69, 9.17) is 5.73 Å². The predicted molar refractivity (Wildman–Crippen MR) is 65.1 cm³/mol. The van der Waals surface area contributed by atoms with Crippen molar-refractivity contribution in [1.82, 2.24) is 4.31 Å². The number of nitrogens with zero attached hydrogens (tertiary/aromatic N) is 1. The minimum Gasteiger partial charge on any atom is -0.396 e. The van der Waals surface area contributed by atoms with Crippen LogP contribution in [0.25, 0.3) is 0 Å². The molecule has 0 unspecified atom stereocenters. The third-order valence-corrected chi connectivity index (χ3v) is 5.25. The van der Waals surface area contributed by atoms with Gasteiger partial charge in [-0.2, -0.15) is 4.31 Å². The van der Waals surface area contributed by atoms with Crippen LogP contribution < -0.4 is 5.73 Å². The van der Waals surface area contributed by atoms with E-state index in [0.29, 0.717) is 5.56 Å². The number of anilines is 1. The number of benzene rings is 1. The van der Waals surface area contributed by atoms with Gasteiger partial charge in [-0.15, -0.1) is 0 Å². The average molecular weight is 274 g/mol. The zero-order chi connectivity index (χ0) is 13.7. The Labute approximate surface area is 105 Å². The van der Waals surface area contributed by atoms with E-state index in [-0.39, 0.29) is 29.2 Å². The second-order valence-electron chi connectivity index (χ2n) is 4.52. The second kappa shape index (κ2) is 4.18.